The monoisotopic (exact) mass is 1850 g/mol. The van der Waals surface area contributed by atoms with Gasteiger partial charge in [-0.05, 0) is 269 Å². The van der Waals surface area contributed by atoms with Crippen LogP contribution in [-0.2, 0) is 87.9 Å². The minimum absolute atomic E-state index is 0.00606. The molecule has 9 amide bonds. The summed E-state index contributed by atoms with van der Waals surface area (Å²) in [5.41, 5.74) is 15.7. The van der Waals surface area contributed by atoms with Gasteiger partial charge in [-0.3, -0.25) is 52.7 Å². The minimum atomic E-state index is -0.985. The fourth-order valence-corrected chi connectivity index (χ4v) is 23.2. The Morgan fingerprint density at radius 3 is 1.10 bits per heavy atom. The standard InChI is InChI=1S/C53H77N5O9.C43H61N5O5.C11H18N2O/c1-36(2)27-41(56-46(62)40(28-37-17-11-9-12-18-37)31-44(60)42(29-38-19-13-10-14-20-38)57-49(65)67-51(6,7)8)43(59)30-39(21-15-16-24-54-48(64)66-50(3,4)5)47(63)58-25-22-52(23-26-58)33-53(34-52)32-45(61)55-35-53;1-30(2)21-36(47-40(52)34(22-31-11-5-3-6-12-31)25-37(49)35(45)23-32-13-7-4-8-14-32)38(50)24-33(15-9-10-18-44)41(53)48-19-16-42(17-20-48)27-43(28-42)26-39(51)46-29-43;14-9-5-11(8-13-9)6-10(7-11)1-3-12-4-2-10/h9-14,17-20,36,39-42H,15-16,21-35H2,1-8H3,(H,54,64)(H,55,61)(H,56,62)(H,57,65);3-8,11-14,30,33-36H,9-10,15-29,44-45H2,1-2H3,(H,46,51)(H,47,52);12H,1-8H2,(H,13,14)/t39-,40-,41?,42+;33-,34-,35+,36+;/m00./s1. The van der Waals surface area contributed by atoms with Crippen LogP contribution in [-0.4, -0.2) is 194 Å². The van der Waals surface area contributed by atoms with Gasteiger partial charge in [0.25, 0.3) is 0 Å². The third kappa shape index (κ3) is 31.1. The van der Waals surface area contributed by atoms with Gasteiger partial charge in [0.2, 0.25) is 41.4 Å². The van der Waals surface area contributed by atoms with Gasteiger partial charge >= 0.3 is 12.2 Å². The Morgan fingerprint density at radius 2 is 0.739 bits per heavy atom. The molecule has 3 aliphatic carbocycles. The highest BCUT2D eigenvalue weighted by molar-refractivity contribution is 5.97. The van der Waals surface area contributed by atoms with E-state index >= 15 is 0 Å². The lowest BCUT2D eigenvalue weighted by atomic mass is 9.49. The van der Waals surface area contributed by atoms with E-state index in [1.807, 2.05) is 159 Å². The van der Waals surface area contributed by atoms with E-state index < -0.39 is 77.1 Å². The number of hydrogen-bond acceptors (Lipinski definition) is 18. The van der Waals surface area contributed by atoms with Crippen LogP contribution in [0, 0.1) is 68.0 Å². The van der Waals surface area contributed by atoms with Crippen molar-refractivity contribution in [1.29, 1.82) is 0 Å². The van der Waals surface area contributed by atoms with E-state index in [0.29, 0.717) is 114 Å². The Kier molecular flexibility index (Phi) is 37.0. The molecule has 9 aliphatic rings. The van der Waals surface area contributed by atoms with Crippen molar-refractivity contribution in [3.8, 4) is 0 Å². The quantitative estimate of drug-likeness (QED) is 0.0185. The molecule has 13 rings (SSSR count). The molecule has 6 spiro atoms. The number of alkyl carbamates (subject to hydrolysis) is 2. The first kappa shape index (κ1) is 105. The maximum Gasteiger partial charge on any atom is 0.408 e. The number of amides is 9. The maximum absolute atomic E-state index is 14.6. The number of likely N-dealkylation sites (tertiary alicyclic amines) is 2. The number of benzene rings is 4. The Hall–Kier alpha value is -9.73. The largest absolute Gasteiger partial charge is 0.444 e. The molecule has 4 aromatic carbocycles. The summed E-state index contributed by atoms with van der Waals surface area (Å²) in [4.78, 5) is 178. The smallest absolute Gasteiger partial charge is 0.408 e. The fourth-order valence-electron chi connectivity index (χ4n) is 23.2. The number of ketones is 4. The number of ether oxygens (including phenoxy) is 2. The molecule has 12 N–H and O–H groups in total. The van der Waals surface area contributed by atoms with E-state index in [1.165, 1.54) is 38.8 Å². The molecule has 8 atom stereocenters. The number of nitrogens with one attached hydrogen (secondary N) is 8. The second-order valence-electron chi connectivity index (χ2n) is 44.4. The molecule has 0 radical (unpaired) electrons. The summed E-state index contributed by atoms with van der Waals surface area (Å²) in [5.74, 6) is -3.90. The first-order valence-corrected chi connectivity index (χ1v) is 50.0. The highest BCUT2D eigenvalue weighted by Crippen LogP contribution is 2.64. The highest BCUT2D eigenvalue weighted by Gasteiger charge is 2.60. The Morgan fingerprint density at radius 1 is 0.403 bits per heavy atom. The zero-order valence-electron chi connectivity index (χ0n) is 81.7. The van der Waals surface area contributed by atoms with Gasteiger partial charge in [0.1, 0.15) is 11.2 Å². The number of unbranched alkanes of at least 4 members (excludes halogenated alkanes) is 2. The van der Waals surface area contributed by atoms with Gasteiger partial charge in [-0.15, -0.1) is 0 Å². The molecule has 0 aromatic heterocycles. The number of hydrogen-bond donors (Lipinski definition) is 10. The number of nitrogens with two attached hydrogens (primary N) is 2. The topological polar surface area (TPSA) is 395 Å². The highest BCUT2D eigenvalue weighted by atomic mass is 16.6. The molecule has 27 nitrogen and oxygen atoms in total. The molecule has 27 heteroatoms. The molecular weight excluding hydrogens is 1690 g/mol. The van der Waals surface area contributed by atoms with Gasteiger partial charge < -0.3 is 73.3 Å². The van der Waals surface area contributed by atoms with Crippen LogP contribution in [0.15, 0.2) is 121 Å². The van der Waals surface area contributed by atoms with Crippen molar-refractivity contribution in [2.45, 2.75) is 304 Å². The van der Waals surface area contributed by atoms with Crippen molar-refractivity contribution in [3.05, 3.63) is 144 Å². The van der Waals surface area contributed by atoms with Gasteiger partial charge in [0.05, 0.1) is 24.2 Å². The van der Waals surface area contributed by atoms with Gasteiger partial charge in [-0.2, -0.15) is 0 Å². The lowest BCUT2D eigenvalue weighted by Crippen LogP contribution is -2.54. The molecule has 4 aromatic rings. The van der Waals surface area contributed by atoms with Crippen LogP contribution in [0.3, 0.4) is 0 Å². The lowest BCUT2D eigenvalue weighted by molar-refractivity contribution is -0.145. The Labute approximate surface area is 795 Å². The molecule has 3 saturated carbocycles. The van der Waals surface area contributed by atoms with Gasteiger partial charge in [-0.25, -0.2) is 9.59 Å². The van der Waals surface area contributed by atoms with Crippen molar-refractivity contribution in [3.63, 3.8) is 0 Å². The van der Waals surface area contributed by atoms with E-state index in [2.05, 4.69) is 42.5 Å². The van der Waals surface area contributed by atoms with Crippen LogP contribution in [0.5, 0.6) is 0 Å². The number of carbonyl (C=O) groups is 13. The predicted octanol–water partition coefficient (Wildman–Crippen LogP) is 12.8. The van der Waals surface area contributed by atoms with Gasteiger partial charge in [0.15, 0.2) is 23.1 Å². The number of rotatable bonds is 40. The average Bonchev–Trinajstić information content (AvgIpc) is 1.48. The maximum atomic E-state index is 14.6. The van der Waals surface area contributed by atoms with E-state index in [4.69, 9.17) is 20.9 Å². The summed E-state index contributed by atoms with van der Waals surface area (Å²) in [6.45, 7) is 26.7. The summed E-state index contributed by atoms with van der Waals surface area (Å²) < 4.78 is 10.9. The molecule has 6 saturated heterocycles. The average molecular weight is 1850 g/mol. The van der Waals surface area contributed by atoms with Crippen molar-refractivity contribution in [2.24, 2.45) is 79.5 Å². The molecule has 9 fully saturated rings. The van der Waals surface area contributed by atoms with E-state index in [0.717, 1.165) is 113 Å². The van der Waals surface area contributed by atoms with Gasteiger partial charge in [0, 0.05) is 121 Å². The first-order valence-electron chi connectivity index (χ1n) is 50.0. The summed E-state index contributed by atoms with van der Waals surface area (Å²) >= 11 is 0. The molecule has 734 valence electrons. The van der Waals surface area contributed by atoms with Crippen molar-refractivity contribution < 1.29 is 71.8 Å². The SMILES string of the molecule is CC(C)CC(NC(=O)[C@H](CC(=O)[C@@H](Cc1ccccc1)NC(=O)OC(C)(C)C)Cc1ccccc1)C(=O)C[C@H](CCCCNC(=O)OC(C)(C)C)C(=O)N1CCC2(CC1)CC1(CNC(=O)C1)C2.CC(C)C[C@@H](NC(=O)[C@H](CC(=O)[C@H](N)Cc1ccccc1)Cc1ccccc1)C(=O)C[C@H](CCCCN)C(=O)N1CCC2(CC1)CC1(CNC(=O)C1)C2.O=C1CC2(CN1)CC1(CCNCC1)C2. The summed E-state index contributed by atoms with van der Waals surface area (Å²) in [6, 6.07) is 34.4. The zero-order chi connectivity index (χ0) is 96.7. The van der Waals surface area contributed by atoms with E-state index in [1.54, 1.807) is 41.5 Å². The van der Waals surface area contributed by atoms with Crippen molar-refractivity contribution >= 4 is 76.7 Å². The second kappa shape index (κ2) is 47.4. The zero-order valence-corrected chi connectivity index (χ0v) is 81.7. The number of carbonyl (C=O) groups excluding carboxylic acids is 13. The first-order chi connectivity index (χ1) is 63.6. The molecule has 0 bridgehead atoms. The van der Waals surface area contributed by atoms with Crippen molar-refractivity contribution in [2.75, 3.05) is 72.0 Å². The van der Waals surface area contributed by atoms with Crippen LogP contribution in [0.2, 0.25) is 0 Å². The van der Waals surface area contributed by atoms with Crippen LogP contribution in [0.1, 0.15) is 265 Å². The van der Waals surface area contributed by atoms with Crippen LogP contribution >= 0.6 is 0 Å². The number of nitrogens with zero attached hydrogens (tertiary/aromatic N) is 2. The van der Waals surface area contributed by atoms with Crippen LogP contribution in [0.4, 0.5) is 9.59 Å². The molecule has 6 heterocycles. The normalized spacial score (nSPS) is 20.3. The summed E-state index contributed by atoms with van der Waals surface area (Å²) in [7, 11) is 0. The van der Waals surface area contributed by atoms with Crippen molar-refractivity contribution in [1.82, 2.24) is 52.3 Å². The van der Waals surface area contributed by atoms with Gasteiger partial charge in [-0.1, -0.05) is 162 Å². The van der Waals surface area contributed by atoms with E-state index in [9.17, 15) is 62.3 Å². The van der Waals surface area contributed by atoms with Crippen LogP contribution in [0.25, 0.3) is 0 Å². The van der Waals surface area contributed by atoms with E-state index in [-0.39, 0.29) is 131 Å². The molecular formula is C107H156N12O15. The predicted molar refractivity (Wildman–Crippen MR) is 517 cm³/mol. The molecule has 1 unspecified atom stereocenters. The summed E-state index contributed by atoms with van der Waals surface area (Å²) in [6.07, 6.45) is 18.8. The van der Waals surface area contributed by atoms with Crippen LogP contribution < -0.4 is 54.0 Å². The number of piperidine rings is 3. The molecule has 134 heavy (non-hydrogen) atoms. The Bertz CT molecular complexity index is 4600. The Balaban J connectivity index is 0.000000228. The third-order valence-electron chi connectivity index (χ3n) is 29.5. The summed E-state index contributed by atoms with van der Waals surface area (Å²) in [5, 5.41) is 24.0. The fraction of sp³-hybridized carbons (Fsp3) is 0.654. The minimum Gasteiger partial charge on any atom is -0.444 e. The third-order valence-corrected chi connectivity index (χ3v) is 29.5. The lowest BCUT2D eigenvalue weighted by Gasteiger charge is -2.57. The number of Topliss-reactive ketones (excluding diaryl/α,β-unsaturated/α-hetero) is 4. The molecule has 6 aliphatic heterocycles. The second-order valence-corrected chi connectivity index (χ2v) is 44.4.